The largest absolute Gasteiger partial charge is 0.315 e. The third-order valence-corrected chi connectivity index (χ3v) is 5.24. The zero-order valence-electron chi connectivity index (χ0n) is 17.2. The van der Waals surface area contributed by atoms with Crippen LogP contribution in [0, 0.1) is 18.3 Å². The van der Waals surface area contributed by atoms with Crippen molar-refractivity contribution in [2.75, 3.05) is 5.32 Å². The molecule has 6 heteroatoms. The van der Waals surface area contributed by atoms with Crippen molar-refractivity contribution in [2.24, 2.45) is 7.05 Å². The summed E-state index contributed by atoms with van der Waals surface area (Å²) in [6.45, 7) is 1.75. The van der Waals surface area contributed by atoms with Crippen LogP contribution >= 0.6 is 0 Å². The van der Waals surface area contributed by atoms with Crippen molar-refractivity contribution in [3.63, 3.8) is 0 Å². The van der Waals surface area contributed by atoms with Gasteiger partial charge in [0.05, 0.1) is 11.4 Å². The van der Waals surface area contributed by atoms with E-state index in [9.17, 15) is 14.9 Å². The van der Waals surface area contributed by atoms with E-state index in [1.54, 1.807) is 18.7 Å². The Morgan fingerprint density at radius 3 is 2.39 bits per heavy atom. The van der Waals surface area contributed by atoms with E-state index in [0.717, 1.165) is 16.3 Å². The number of nitrogens with one attached hydrogen (secondary N) is 1. The highest BCUT2D eigenvalue weighted by Crippen LogP contribution is 2.19. The van der Waals surface area contributed by atoms with Crippen LogP contribution in [-0.4, -0.2) is 15.3 Å². The number of carbonyl (C=O) groups is 1. The van der Waals surface area contributed by atoms with Crippen LogP contribution in [0.5, 0.6) is 0 Å². The van der Waals surface area contributed by atoms with Crippen molar-refractivity contribution >= 4 is 28.4 Å². The number of nitriles is 1. The van der Waals surface area contributed by atoms with Crippen molar-refractivity contribution < 1.29 is 4.79 Å². The van der Waals surface area contributed by atoms with E-state index in [0.29, 0.717) is 11.4 Å². The quantitative estimate of drug-likeness (QED) is 0.406. The van der Waals surface area contributed by atoms with Gasteiger partial charge in [0.1, 0.15) is 17.3 Å². The molecular weight excluding hydrogens is 388 g/mol. The SMILES string of the molecule is Cc1c(NC(=O)/C(C#N)=C\c2ccc3ccccc3c2)c(=O)n(-c2ccccc2)n1C. The molecule has 0 spiro atoms. The summed E-state index contributed by atoms with van der Waals surface area (Å²) in [5.41, 5.74) is 1.72. The minimum Gasteiger partial charge on any atom is -0.315 e. The summed E-state index contributed by atoms with van der Waals surface area (Å²) in [7, 11) is 1.75. The summed E-state index contributed by atoms with van der Waals surface area (Å²) in [6.07, 6.45) is 1.52. The molecule has 31 heavy (non-hydrogen) atoms. The Labute approximate surface area is 179 Å². The first kappa shape index (κ1) is 19.9. The average molecular weight is 408 g/mol. The highest BCUT2D eigenvalue weighted by atomic mass is 16.2. The summed E-state index contributed by atoms with van der Waals surface area (Å²) >= 11 is 0. The Balaban J connectivity index is 1.67. The number of nitrogens with zero attached hydrogens (tertiary/aromatic N) is 3. The maximum atomic E-state index is 13.0. The third kappa shape index (κ3) is 3.77. The predicted molar refractivity (Wildman–Crippen MR) is 122 cm³/mol. The maximum Gasteiger partial charge on any atom is 0.295 e. The molecule has 0 unspecified atom stereocenters. The standard InChI is InChI=1S/C25H20N4O2/c1-17-23(25(31)29(28(17)2)22-10-4-3-5-11-22)27-24(30)21(16-26)15-18-12-13-19-8-6-7-9-20(19)14-18/h3-15H,1-2H3,(H,27,30)/b21-15-. The van der Waals surface area contributed by atoms with Crippen LogP contribution in [0.2, 0.25) is 0 Å². The van der Waals surface area contributed by atoms with Crippen molar-refractivity contribution in [1.82, 2.24) is 9.36 Å². The number of rotatable bonds is 4. The first-order valence-electron chi connectivity index (χ1n) is 9.75. The molecule has 0 atom stereocenters. The van der Waals surface area contributed by atoms with Gasteiger partial charge in [0.2, 0.25) is 0 Å². The summed E-state index contributed by atoms with van der Waals surface area (Å²) < 4.78 is 3.15. The second kappa shape index (κ2) is 8.17. The zero-order chi connectivity index (χ0) is 22.0. The first-order valence-corrected chi connectivity index (χ1v) is 9.75. The molecule has 1 N–H and O–H groups in total. The zero-order valence-corrected chi connectivity index (χ0v) is 17.2. The van der Waals surface area contributed by atoms with Gasteiger partial charge in [0.15, 0.2) is 0 Å². The number of fused-ring (bicyclic) bond motifs is 1. The lowest BCUT2D eigenvalue weighted by Crippen LogP contribution is -2.23. The molecule has 0 aliphatic heterocycles. The Morgan fingerprint density at radius 1 is 1.00 bits per heavy atom. The first-order chi connectivity index (χ1) is 15.0. The number of anilines is 1. The van der Waals surface area contributed by atoms with Gasteiger partial charge < -0.3 is 5.32 Å². The van der Waals surface area contributed by atoms with Crippen molar-refractivity contribution in [3.05, 3.63) is 100.0 Å². The fraction of sp³-hybridized carbons (Fsp3) is 0.0800. The highest BCUT2D eigenvalue weighted by Gasteiger charge is 2.19. The van der Waals surface area contributed by atoms with E-state index in [1.165, 1.54) is 10.8 Å². The van der Waals surface area contributed by atoms with E-state index in [2.05, 4.69) is 5.32 Å². The number of hydrogen-bond acceptors (Lipinski definition) is 3. The molecule has 0 saturated heterocycles. The Morgan fingerprint density at radius 2 is 1.68 bits per heavy atom. The van der Waals surface area contributed by atoms with Crippen LogP contribution in [0.25, 0.3) is 22.5 Å². The summed E-state index contributed by atoms with van der Waals surface area (Å²) in [4.78, 5) is 25.8. The number of aromatic nitrogens is 2. The van der Waals surface area contributed by atoms with Gasteiger partial charge in [-0.2, -0.15) is 5.26 Å². The minimum atomic E-state index is -0.623. The molecule has 0 aliphatic carbocycles. The molecule has 4 aromatic rings. The Hall–Kier alpha value is -4.37. The van der Waals surface area contributed by atoms with Crippen LogP contribution < -0.4 is 10.9 Å². The molecular formula is C25H20N4O2. The Kier molecular flexibility index (Phi) is 5.25. The molecule has 0 bridgehead atoms. The predicted octanol–water partition coefficient (Wildman–Crippen LogP) is 4.18. The van der Waals surface area contributed by atoms with Crippen LogP contribution in [0.4, 0.5) is 5.69 Å². The molecule has 1 aromatic heterocycles. The lowest BCUT2D eigenvalue weighted by Gasteiger charge is -2.07. The second-order valence-electron chi connectivity index (χ2n) is 7.17. The van der Waals surface area contributed by atoms with Crippen molar-refractivity contribution in [1.29, 1.82) is 5.26 Å². The normalized spacial score (nSPS) is 11.3. The molecule has 3 aromatic carbocycles. The van der Waals surface area contributed by atoms with Gasteiger partial charge in [-0.3, -0.25) is 14.3 Å². The van der Waals surface area contributed by atoms with Gasteiger partial charge >= 0.3 is 0 Å². The molecule has 0 radical (unpaired) electrons. The van der Waals surface area contributed by atoms with Gasteiger partial charge in [0, 0.05) is 7.05 Å². The van der Waals surface area contributed by atoms with E-state index in [4.69, 9.17) is 0 Å². The molecule has 1 heterocycles. The van der Waals surface area contributed by atoms with Crippen LogP contribution in [-0.2, 0) is 11.8 Å². The summed E-state index contributed by atoms with van der Waals surface area (Å²) in [6, 6.07) is 24.7. The fourth-order valence-corrected chi connectivity index (χ4v) is 3.51. The number of hydrogen-bond donors (Lipinski definition) is 1. The van der Waals surface area contributed by atoms with Gasteiger partial charge in [0.25, 0.3) is 11.5 Å². The summed E-state index contributed by atoms with van der Waals surface area (Å²) in [5, 5.41) is 14.3. The van der Waals surface area contributed by atoms with E-state index < -0.39 is 5.91 Å². The van der Waals surface area contributed by atoms with E-state index >= 15 is 0 Å². The molecule has 0 fully saturated rings. The van der Waals surface area contributed by atoms with Crippen molar-refractivity contribution in [3.8, 4) is 11.8 Å². The van der Waals surface area contributed by atoms with Gasteiger partial charge in [-0.05, 0) is 47.5 Å². The molecule has 152 valence electrons. The lowest BCUT2D eigenvalue weighted by atomic mass is 10.1. The van der Waals surface area contributed by atoms with Gasteiger partial charge in [-0.15, -0.1) is 0 Å². The molecule has 1 amide bonds. The summed E-state index contributed by atoms with van der Waals surface area (Å²) in [5.74, 6) is -0.623. The third-order valence-electron chi connectivity index (χ3n) is 5.24. The monoisotopic (exact) mass is 408 g/mol. The van der Waals surface area contributed by atoms with E-state index in [1.807, 2.05) is 78.9 Å². The maximum absolute atomic E-state index is 13.0. The fourth-order valence-electron chi connectivity index (χ4n) is 3.51. The second-order valence-corrected chi connectivity index (χ2v) is 7.17. The van der Waals surface area contributed by atoms with Crippen LogP contribution in [0.1, 0.15) is 11.3 Å². The highest BCUT2D eigenvalue weighted by molar-refractivity contribution is 6.10. The molecule has 6 nitrogen and oxygen atoms in total. The number of amides is 1. The topological polar surface area (TPSA) is 79.8 Å². The average Bonchev–Trinajstić information content (AvgIpc) is 3.00. The molecule has 4 rings (SSSR count). The smallest absolute Gasteiger partial charge is 0.295 e. The minimum absolute atomic E-state index is 0.0794. The van der Waals surface area contributed by atoms with Crippen molar-refractivity contribution in [2.45, 2.75) is 6.92 Å². The molecule has 0 aliphatic rings. The Bertz CT molecular complexity index is 1420. The number of benzene rings is 3. The van der Waals surface area contributed by atoms with Gasteiger partial charge in [-0.1, -0.05) is 54.6 Å². The number of para-hydroxylation sites is 1. The molecule has 0 saturated carbocycles. The van der Waals surface area contributed by atoms with Crippen LogP contribution in [0.15, 0.2) is 83.2 Å². The number of carbonyl (C=O) groups excluding carboxylic acids is 1. The lowest BCUT2D eigenvalue weighted by molar-refractivity contribution is -0.112. The van der Waals surface area contributed by atoms with E-state index in [-0.39, 0.29) is 16.8 Å². The van der Waals surface area contributed by atoms with Crippen LogP contribution in [0.3, 0.4) is 0 Å². The van der Waals surface area contributed by atoms with Gasteiger partial charge in [-0.25, -0.2) is 4.68 Å².